The van der Waals surface area contributed by atoms with Gasteiger partial charge in [-0.3, -0.25) is 19.0 Å². The molecule has 2 aromatic heterocycles. The summed E-state index contributed by atoms with van der Waals surface area (Å²) in [5, 5.41) is 6.48. The fourth-order valence-corrected chi connectivity index (χ4v) is 4.46. The quantitative estimate of drug-likeness (QED) is 0.579. The Morgan fingerprint density at radius 2 is 2.07 bits per heavy atom. The highest BCUT2D eigenvalue weighted by atomic mass is 32.1. The van der Waals surface area contributed by atoms with Crippen molar-refractivity contribution in [2.45, 2.75) is 52.5 Å². The predicted molar refractivity (Wildman–Crippen MR) is 118 cm³/mol. The van der Waals surface area contributed by atoms with E-state index in [4.69, 9.17) is 0 Å². The van der Waals surface area contributed by atoms with Gasteiger partial charge in [0.15, 0.2) is 10.8 Å². The maximum atomic E-state index is 12.8. The summed E-state index contributed by atoms with van der Waals surface area (Å²) in [5.74, 6) is -0.195. The van der Waals surface area contributed by atoms with E-state index in [0.717, 1.165) is 38.6 Å². The maximum absolute atomic E-state index is 12.8. The van der Waals surface area contributed by atoms with Gasteiger partial charge in [-0.2, -0.15) is 4.98 Å². The number of piperidine rings is 1. The number of carbonyl (C=O) groups is 2. The van der Waals surface area contributed by atoms with Crippen molar-refractivity contribution in [3.63, 3.8) is 0 Å². The molecule has 2 aromatic rings. The van der Waals surface area contributed by atoms with E-state index in [-0.39, 0.29) is 29.8 Å². The number of amides is 2. The molecular formula is C20H30N6O3S. The van der Waals surface area contributed by atoms with Crippen molar-refractivity contribution in [3.8, 4) is 0 Å². The number of nitrogens with one attached hydrogen (secondary N) is 2. The van der Waals surface area contributed by atoms with Crippen LogP contribution in [-0.4, -0.2) is 52.5 Å². The highest BCUT2D eigenvalue weighted by Crippen LogP contribution is 2.29. The molecule has 0 radical (unpaired) electrons. The molecule has 3 rings (SSSR count). The number of fused-ring (bicyclic) bond motifs is 1. The number of carbonyl (C=O) groups excluding carboxylic acids is 2. The van der Waals surface area contributed by atoms with E-state index in [0.29, 0.717) is 35.1 Å². The molecule has 0 aromatic carbocycles. The lowest BCUT2D eigenvalue weighted by atomic mass is 9.97. The summed E-state index contributed by atoms with van der Waals surface area (Å²) in [4.78, 5) is 48.1. The number of unbranched alkanes of at least 4 members (excludes halogenated alkanes) is 1. The standard InChI is InChI=1S/C20H30N6O3S/c1-3-5-9-21-15(27)12-26-13-23-17-16(19(26)29)30-20(24-17)25-10-6-7-14(11-25)18(28)22-8-4-2/h13-14H,3-12H2,1-2H3,(H,21,27)(H,22,28). The second-order valence-corrected chi connectivity index (χ2v) is 8.58. The number of rotatable bonds is 9. The van der Waals surface area contributed by atoms with Crippen LogP contribution in [0.1, 0.15) is 46.0 Å². The molecule has 0 bridgehead atoms. The van der Waals surface area contributed by atoms with Gasteiger partial charge in [0, 0.05) is 26.2 Å². The van der Waals surface area contributed by atoms with Crippen molar-refractivity contribution in [1.29, 1.82) is 0 Å². The van der Waals surface area contributed by atoms with Crippen molar-refractivity contribution in [2.75, 3.05) is 31.1 Å². The van der Waals surface area contributed by atoms with Crippen LogP contribution in [0.25, 0.3) is 10.3 Å². The lowest BCUT2D eigenvalue weighted by Gasteiger charge is -2.31. The molecule has 1 aliphatic rings. The van der Waals surface area contributed by atoms with Crippen LogP contribution >= 0.6 is 11.3 Å². The van der Waals surface area contributed by atoms with Crippen LogP contribution in [0.3, 0.4) is 0 Å². The van der Waals surface area contributed by atoms with Crippen molar-refractivity contribution in [3.05, 3.63) is 16.7 Å². The van der Waals surface area contributed by atoms with E-state index in [1.807, 2.05) is 6.92 Å². The number of hydrogen-bond donors (Lipinski definition) is 2. The SMILES string of the molecule is CCCCNC(=O)Cn1cnc2nc(N3CCCC(C(=O)NCCC)C3)sc2c1=O. The molecule has 10 heteroatoms. The van der Waals surface area contributed by atoms with Crippen molar-refractivity contribution in [2.24, 2.45) is 5.92 Å². The first-order chi connectivity index (χ1) is 14.5. The highest BCUT2D eigenvalue weighted by molar-refractivity contribution is 7.22. The summed E-state index contributed by atoms with van der Waals surface area (Å²) in [6, 6.07) is 0. The Morgan fingerprint density at radius 1 is 1.23 bits per heavy atom. The lowest BCUT2D eigenvalue weighted by molar-refractivity contribution is -0.125. The van der Waals surface area contributed by atoms with Crippen molar-refractivity contribution >= 4 is 38.6 Å². The average Bonchev–Trinajstić information content (AvgIpc) is 3.19. The van der Waals surface area contributed by atoms with Crippen molar-refractivity contribution < 1.29 is 9.59 Å². The first kappa shape index (κ1) is 22.2. The van der Waals surface area contributed by atoms with Crippen LogP contribution in [-0.2, 0) is 16.1 Å². The van der Waals surface area contributed by atoms with Crippen LogP contribution in [0.2, 0.25) is 0 Å². The molecule has 1 unspecified atom stereocenters. The number of hydrogen-bond acceptors (Lipinski definition) is 7. The number of anilines is 1. The van der Waals surface area contributed by atoms with Gasteiger partial charge in [0.1, 0.15) is 17.6 Å². The van der Waals surface area contributed by atoms with E-state index >= 15 is 0 Å². The molecule has 9 nitrogen and oxygen atoms in total. The van der Waals surface area contributed by atoms with Crippen molar-refractivity contribution in [1.82, 2.24) is 25.2 Å². The molecular weight excluding hydrogens is 404 g/mol. The molecule has 1 saturated heterocycles. The number of nitrogens with zero attached hydrogens (tertiary/aromatic N) is 4. The predicted octanol–water partition coefficient (Wildman–Crippen LogP) is 1.51. The molecule has 3 heterocycles. The molecule has 0 spiro atoms. The van der Waals surface area contributed by atoms with E-state index in [9.17, 15) is 14.4 Å². The van der Waals surface area contributed by atoms with Gasteiger partial charge in [-0.1, -0.05) is 31.6 Å². The second kappa shape index (κ2) is 10.5. The normalized spacial score (nSPS) is 16.6. The topological polar surface area (TPSA) is 109 Å². The second-order valence-electron chi connectivity index (χ2n) is 7.61. The van der Waals surface area contributed by atoms with Gasteiger partial charge >= 0.3 is 0 Å². The minimum absolute atomic E-state index is 0.0535. The molecule has 164 valence electrons. The highest BCUT2D eigenvalue weighted by Gasteiger charge is 2.27. The Kier molecular flexibility index (Phi) is 7.78. The van der Waals surface area contributed by atoms with E-state index in [2.05, 4.69) is 32.4 Å². The third kappa shape index (κ3) is 5.35. The first-order valence-electron chi connectivity index (χ1n) is 10.7. The average molecular weight is 435 g/mol. The maximum Gasteiger partial charge on any atom is 0.273 e. The fraction of sp³-hybridized carbons (Fsp3) is 0.650. The summed E-state index contributed by atoms with van der Waals surface area (Å²) in [6.07, 6.45) is 5.95. The van der Waals surface area contributed by atoms with E-state index in [1.165, 1.54) is 22.2 Å². The monoisotopic (exact) mass is 434 g/mol. The largest absolute Gasteiger partial charge is 0.356 e. The van der Waals surface area contributed by atoms with Gasteiger partial charge in [-0.05, 0) is 25.7 Å². The van der Waals surface area contributed by atoms with Gasteiger partial charge in [-0.15, -0.1) is 0 Å². The first-order valence-corrected chi connectivity index (χ1v) is 11.5. The molecule has 30 heavy (non-hydrogen) atoms. The minimum Gasteiger partial charge on any atom is -0.356 e. The zero-order chi connectivity index (χ0) is 21.5. The third-order valence-electron chi connectivity index (χ3n) is 5.15. The van der Waals surface area contributed by atoms with E-state index in [1.54, 1.807) is 0 Å². The summed E-state index contributed by atoms with van der Waals surface area (Å²) in [7, 11) is 0. The van der Waals surface area contributed by atoms with Crippen LogP contribution in [0.4, 0.5) is 5.13 Å². The Labute approximate surface area is 179 Å². The smallest absolute Gasteiger partial charge is 0.273 e. The summed E-state index contributed by atoms with van der Waals surface area (Å²) >= 11 is 1.28. The van der Waals surface area contributed by atoms with Crippen LogP contribution < -0.4 is 21.1 Å². The Hall–Kier alpha value is -2.49. The fourth-order valence-electron chi connectivity index (χ4n) is 3.46. The van der Waals surface area contributed by atoms with Gasteiger partial charge in [0.2, 0.25) is 11.8 Å². The Morgan fingerprint density at radius 3 is 2.83 bits per heavy atom. The molecule has 2 N–H and O–H groups in total. The van der Waals surface area contributed by atoms with Crippen LogP contribution in [0.5, 0.6) is 0 Å². The van der Waals surface area contributed by atoms with Gasteiger partial charge in [0.25, 0.3) is 5.56 Å². The number of aromatic nitrogens is 3. The Balaban J connectivity index is 1.72. The van der Waals surface area contributed by atoms with Gasteiger partial charge in [-0.25, -0.2) is 4.98 Å². The minimum atomic E-state index is -0.261. The summed E-state index contributed by atoms with van der Waals surface area (Å²) in [6.45, 7) is 6.70. The molecule has 2 amide bonds. The zero-order valence-electron chi connectivity index (χ0n) is 17.6. The molecule has 1 fully saturated rings. The Bertz CT molecular complexity index is 940. The molecule has 0 aliphatic carbocycles. The summed E-state index contributed by atoms with van der Waals surface area (Å²) in [5.41, 5.74) is 0.129. The molecule has 1 aliphatic heterocycles. The van der Waals surface area contributed by atoms with Crippen LogP contribution in [0, 0.1) is 5.92 Å². The van der Waals surface area contributed by atoms with Gasteiger partial charge < -0.3 is 15.5 Å². The molecule has 1 atom stereocenters. The van der Waals surface area contributed by atoms with Crippen LogP contribution in [0.15, 0.2) is 11.1 Å². The van der Waals surface area contributed by atoms with E-state index < -0.39 is 0 Å². The number of thiazole rings is 1. The third-order valence-corrected chi connectivity index (χ3v) is 6.24. The van der Waals surface area contributed by atoms with Gasteiger partial charge in [0.05, 0.1) is 5.92 Å². The summed E-state index contributed by atoms with van der Waals surface area (Å²) < 4.78 is 1.76. The lowest BCUT2D eigenvalue weighted by Crippen LogP contribution is -2.43. The zero-order valence-corrected chi connectivity index (χ0v) is 18.5. The molecule has 0 saturated carbocycles.